The molecule has 4 saturated heterocycles. The van der Waals surface area contributed by atoms with E-state index in [2.05, 4.69) is 161 Å². The Morgan fingerprint density at radius 3 is 1.45 bits per heavy atom. The molecule has 9 aromatic rings. The van der Waals surface area contributed by atoms with Gasteiger partial charge < -0.3 is 65.0 Å². The Kier molecular flexibility index (Phi) is 33.1. The van der Waals surface area contributed by atoms with Crippen molar-refractivity contribution in [3.8, 4) is 32.6 Å². The summed E-state index contributed by atoms with van der Waals surface area (Å²) >= 11 is 15.9. The molecule has 5 aromatic carbocycles. The van der Waals surface area contributed by atoms with E-state index in [-0.39, 0.29) is 10.2 Å². The maximum absolute atomic E-state index is 13.4. The fourth-order valence-corrected chi connectivity index (χ4v) is 18.3. The molecular weight excluding hydrogens is 1650 g/mol. The Morgan fingerprint density at radius 2 is 1.05 bits per heavy atom. The molecule has 32 heteroatoms. The number of unbranched alkanes of at least 4 members (excludes halogenated alkanes) is 1. The lowest BCUT2D eigenvalue weighted by molar-refractivity contribution is 0.0982. The number of aryl methyl sites for hydroxylation is 3. The standard InChI is InChI=1S/C34H44BrN8O2PS.C19H32N4O.C15H13BrClN4OPS.C7H8O3S.C4H10O/c1-6-23-19-28(30(45-3)21-29(23)43-12-9-25(10-13-43)42-16-14-41(2)15-17-42)39-34-37-22-26(35)32(40-34)38-27-8-7-24(33-36-11-18-47-33)20-31(27)46(4,5)44;1-4-15-13-17(20)19(24-3)14-18(15)23-7-5-16(6-8-23)22-11-9-21(2)10-12-22;1-23(2,22)12-7-9(14-18-5-6-24-14)3-4-11(12)20-13-10(16)8-19-15(17)21-13;1-6-2-4-7(5-3-6)11(8,9)10;1-2-3-4-5/h7-8,11,18-22,25H,6,9-10,12-17H2,1-5H3,(H2,37,38,39,40);13-14,16H,4-12,20H2,1-3H3;3-8H,1-2H3,(H,19,20,21);2-5H,1H3,(H,8,9,10);5H,2-4H2,1H3. The number of likely N-dealkylation sites (N-methyl/N-ethyl adjacent to an activating group) is 2. The predicted molar refractivity (Wildman–Crippen MR) is 468 cm³/mol. The van der Waals surface area contributed by atoms with Crippen LogP contribution in [0.3, 0.4) is 0 Å². The Bertz CT molecular complexity index is 4690. The predicted octanol–water partition coefficient (Wildman–Crippen LogP) is 16.0. The number of nitrogens with two attached hydrogens (primary N) is 1. The van der Waals surface area contributed by atoms with E-state index < -0.39 is 24.4 Å². The van der Waals surface area contributed by atoms with Crippen molar-refractivity contribution in [3.05, 3.63) is 151 Å². The molecule has 0 spiro atoms. The number of hydrogen-bond donors (Lipinski definition) is 6. The lowest BCUT2D eigenvalue weighted by atomic mass is 9.99. The average molecular weight is 1760 g/mol. The molecule has 0 saturated carbocycles. The highest BCUT2D eigenvalue weighted by Crippen LogP contribution is 2.44. The monoisotopic (exact) mass is 1760 g/mol. The van der Waals surface area contributed by atoms with Crippen LogP contribution in [0.25, 0.3) is 21.1 Å². The number of aliphatic hydroxyl groups excluding tert-OH is 1. The molecule has 0 radical (unpaired) electrons. The van der Waals surface area contributed by atoms with E-state index in [1.54, 1.807) is 100 Å². The van der Waals surface area contributed by atoms with E-state index in [1.165, 1.54) is 99.6 Å². The molecule has 600 valence electrons. The third-order valence-corrected chi connectivity index (χ3v) is 26.8. The zero-order valence-electron chi connectivity index (χ0n) is 65.6. The van der Waals surface area contributed by atoms with Gasteiger partial charge in [-0.3, -0.25) is 14.4 Å². The average Bonchev–Trinajstić information content (AvgIpc) is 1.42. The van der Waals surface area contributed by atoms with Gasteiger partial charge in [-0.25, -0.2) is 19.9 Å². The number of aliphatic hydroxyl groups is 1. The van der Waals surface area contributed by atoms with Gasteiger partial charge >= 0.3 is 0 Å². The van der Waals surface area contributed by atoms with Crippen LogP contribution in [0.4, 0.5) is 51.7 Å². The maximum atomic E-state index is 13.4. The first-order valence-electron chi connectivity index (χ1n) is 37.4. The maximum Gasteiger partial charge on any atom is 0.294 e. The van der Waals surface area contributed by atoms with Gasteiger partial charge in [0.15, 0.2) is 0 Å². The molecule has 8 heterocycles. The Hall–Kier alpha value is -6.66. The summed E-state index contributed by atoms with van der Waals surface area (Å²) in [5.74, 6) is 3.05. The van der Waals surface area contributed by atoms with E-state index in [9.17, 15) is 17.5 Å². The highest BCUT2D eigenvalue weighted by atomic mass is 79.9. The second-order valence-electron chi connectivity index (χ2n) is 28.5. The number of hydrogen-bond acceptors (Lipinski definition) is 25. The minimum atomic E-state index is -4.02. The number of anilines is 9. The molecule has 0 unspecified atom stereocenters. The summed E-state index contributed by atoms with van der Waals surface area (Å²) in [6, 6.07) is 27.6. The van der Waals surface area contributed by atoms with Gasteiger partial charge in [-0.05, 0) is 208 Å². The minimum Gasteiger partial charge on any atom is -0.495 e. The van der Waals surface area contributed by atoms with Crippen LogP contribution in [0.2, 0.25) is 5.28 Å². The molecule has 7 N–H and O–H groups in total. The molecule has 0 aliphatic carbocycles. The van der Waals surface area contributed by atoms with Gasteiger partial charge in [-0.15, -0.1) is 22.7 Å². The van der Waals surface area contributed by atoms with E-state index in [0.29, 0.717) is 39.2 Å². The van der Waals surface area contributed by atoms with Crippen molar-refractivity contribution in [1.29, 1.82) is 0 Å². The van der Waals surface area contributed by atoms with Crippen LogP contribution in [-0.2, 0) is 32.1 Å². The molecule has 4 aliphatic rings. The fraction of sp³-hybridized carbons (Fsp3) is 0.443. The number of ether oxygens (including phenoxy) is 2. The summed E-state index contributed by atoms with van der Waals surface area (Å²) in [4.78, 5) is 41.4. The lowest BCUT2D eigenvalue weighted by Gasteiger charge is -2.43. The lowest BCUT2D eigenvalue weighted by Crippen LogP contribution is -2.52. The van der Waals surface area contributed by atoms with Gasteiger partial charge in [0.25, 0.3) is 10.1 Å². The summed E-state index contributed by atoms with van der Waals surface area (Å²) in [5, 5.41) is 25.3. The minimum absolute atomic E-state index is 0.0666. The molecule has 4 aromatic heterocycles. The smallest absolute Gasteiger partial charge is 0.294 e. The first-order valence-corrected chi connectivity index (χ1v) is 47.7. The van der Waals surface area contributed by atoms with Crippen molar-refractivity contribution in [2.45, 2.75) is 96.0 Å². The van der Waals surface area contributed by atoms with Crippen molar-refractivity contribution >= 4 is 153 Å². The van der Waals surface area contributed by atoms with Crippen molar-refractivity contribution in [2.75, 3.05) is 172 Å². The van der Waals surface area contributed by atoms with Crippen LogP contribution in [0.1, 0.15) is 76.0 Å². The van der Waals surface area contributed by atoms with Crippen LogP contribution < -0.4 is 51.6 Å². The number of nitrogens with one attached hydrogen (secondary N) is 3. The third kappa shape index (κ3) is 25.2. The molecule has 13 rings (SSSR count). The zero-order chi connectivity index (χ0) is 80.2. The zero-order valence-corrected chi connectivity index (χ0v) is 73.8. The van der Waals surface area contributed by atoms with E-state index in [1.807, 2.05) is 54.1 Å². The molecule has 111 heavy (non-hydrogen) atoms. The Labute approximate surface area is 685 Å². The summed E-state index contributed by atoms with van der Waals surface area (Å²) in [6.45, 7) is 29.5. The normalized spacial score (nSPS) is 15.7. The Balaban J connectivity index is 0.000000185. The Morgan fingerprint density at radius 1 is 0.595 bits per heavy atom. The van der Waals surface area contributed by atoms with Gasteiger partial charge in [0.1, 0.15) is 47.4 Å². The van der Waals surface area contributed by atoms with Crippen LogP contribution in [0, 0.1) is 6.92 Å². The number of nitrogen functional groups attached to an aromatic ring is 1. The number of methoxy groups -OCH3 is 2. The van der Waals surface area contributed by atoms with Crippen LogP contribution >= 0.6 is 80.4 Å². The highest BCUT2D eigenvalue weighted by molar-refractivity contribution is 9.11. The SMILES string of the molecule is CCCCO.CCc1cc(N)c(OC)cc1N1CCC(N2CCN(C)CC2)CC1.CCc1cc(Nc2ncc(Br)c(Nc3ccc(-c4nccs4)cc3P(C)(C)=O)n2)c(OC)cc1N1CCC(N2CCN(C)CC2)CC1.CP(C)(=O)c1cc(-c2nccs2)ccc1Nc1nc(Cl)ncc1Br.Cc1ccc(S(=O)(=O)O)cc1. The van der Waals surface area contributed by atoms with Crippen molar-refractivity contribution in [1.82, 2.24) is 49.5 Å². The summed E-state index contributed by atoms with van der Waals surface area (Å²) in [7, 11) is -1.34. The van der Waals surface area contributed by atoms with Gasteiger partial charge in [-0.2, -0.15) is 18.4 Å². The summed E-state index contributed by atoms with van der Waals surface area (Å²) in [6.07, 6.45) is 15.6. The van der Waals surface area contributed by atoms with Gasteiger partial charge in [0, 0.05) is 178 Å². The number of nitrogens with zero attached hydrogens (tertiary/aromatic N) is 12. The van der Waals surface area contributed by atoms with Gasteiger partial charge in [0.05, 0.1) is 50.8 Å². The molecule has 24 nitrogen and oxygen atoms in total. The molecule has 4 aliphatic heterocycles. The van der Waals surface area contributed by atoms with E-state index >= 15 is 0 Å². The summed E-state index contributed by atoms with van der Waals surface area (Å²) < 4.78 is 68.4. The molecule has 0 atom stereocenters. The van der Waals surface area contributed by atoms with Gasteiger partial charge in [0.2, 0.25) is 11.2 Å². The molecule has 0 bridgehead atoms. The number of benzene rings is 5. The second kappa shape index (κ2) is 41.6. The number of rotatable bonds is 21. The second-order valence-corrected chi connectivity index (χ2v) is 40.2. The molecule has 4 fully saturated rings. The van der Waals surface area contributed by atoms with E-state index in [4.69, 9.17) is 41.5 Å². The quantitative estimate of drug-likeness (QED) is 0.0169. The number of piperazine rings is 2. The fourth-order valence-electron chi connectivity index (χ4n) is 13.5. The largest absolute Gasteiger partial charge is 0.495 e. The van der Waals surface area contributed by atoms with Crippen molar-refractivity contribution < 1.29 is 36.7 Å². The molecule has 0 amide bonds. The topological polar surface area (TPSA) is 286 Å². The number of thiazole rings is 2. The van der Waals surface area contributed by atoms with Crippen LogP contribution in [0.5, 0.6) is 11.5 Å². The number of halogens is 3. The first kappa shape index (κ1) is 88.3. The van der Waals surface area contributed by atoms with Gasteiger partial charge in [-0.1, -0.05) is 44.9 Å². The van der Waals surface area contributed by atoms with Crippen molar-refractivity contribution in [2.24, 2.45) is 0 Å². The third-order valence-electron chi connectivity index (χ3n) is 19.9. The summed E-state index contributed by atoms with van der Waals surface area (Å²) in [5.41, 5.74) is 17.1. The first-order chi connectivity index (χ1) is 53.0. The van der Waals surface area contributed by atoms with Crippen LogP contribution in [-0.4, -0.2) is 220 Å². The number of piperidine rings is 2. The molecular formula is C79H107Br2ClN16O8P2S3. The van der Waals surface area contributed by atoms with E-state index in [0.717, 1.165) is 143 Å². The van der Waals surface area contributed by atoms with Crippen molar-refractivity contribution in [3.63, 3.8) is 0 Å². The highest BCUT2D eigenvalue weighted by Gasteiger charge is 2.31. The van der Waals surface area contributed by atoms with Crippen LogP contribution in [0.15, 0.2) is 134 Å². The number of aromatic nitrogens is 6.